The number of aliphatic hydroxyl groups is 1. The van der Waals surface area contributed by atoms with Crippen molar-refractivity contribution in [1.82, 2.24) is 4.98 Å². The molecule has 2 rings (SSSR count). The molecule has 5 heteroatoms. The zero-order valence-electron chi connectivity index (χ0n) is 8.20. The summed E-state index contributed by atoms with van der Waals surface area (Å²) < 4.78 is 1.05. The zero-order chi connectivity index (χ0) is 11.0. The minimum atomic E-state index is -0.441. The molecule has 0 bridgehead atoms. The van der Waals surface area contributed by atoms with E-state index in [1.54, 1.807) is 11.3 Å². The van der Waals surface area contributed by atoms with Crippen molar-refractivity contribution in [3.05, 3.63) is 27.7 Å². The Labute approximate surface area is 96.5 Å². The quantitative estimate of drug-likeness (QED) is 0.849. The number of benzene rings is 1. The van der Waals surface area contributed by atoms with Crippen LogP contribution in [0.25, 0.3) is 10.2 Å². The van der Waals surface area contributed by atoms with Crippen LogP contribution in [0.1, 0.15) is 16.6 Å². The molecule has 1 atom stereocenters. The minimum absolute atomic E-state index is 0.117. The van der Waals surface area contributed by atoms with Gasteiger partial charge in [-0.05, 0) is 24.6 Å². The largest absolute Gasteiger partial charge is 0.394 e. The molecule has 0 aliphatic rings. The molecule has 0 aliphatic heterocycles. The first-order valence-corrected chi connectivity index (χ1v) is 5.74. The number of nitrogens with two attached hydrogens (primary N) is 1. The molecule has 0 fully saturated rings. The Morgan fingerprint density at radius 1 is 1.60 bits per heavy atom. The predicted octanol–water partition coefficient (Wildman–Crippen LogP) is 2.25. The van der Waals surface area contributed by atoms with Crippen molar-refractivity contribution in [2.45, 2.75) is 13.0 Å². The molecule has 1 heterocycles. The molecule has 0 spiro atoms. The minimum Gasteiger partial charge on any atom is -0.394 e. The molecule has 1 aromatic heterocycles. The molecule has 0 saturated heterocycles. The molecular formula is C10H11ClN2OS. The van der Waals surface area contributed by atoms with Crippen molar-refractivity contribution in [2.75, 3.05) is 6.61 Å². The van der Waals surface area contributed by atoms with Gasteiger partial charge in [-0.15, -0.1) is 11.3 Å². The molecule has 80 valence electrons. The fourth-order valence-corrected chi connectivity index (χ4v) is 2.68. The average Bonchev–Trinajstić information content (AvgIpc) is 2.55. The van der Waals surface area contributed by atoms with Crippen molar-refractivity contribution < 1.29 is 5.11 Å². The summed E-state index contributed by atoms with van der Waals surface area (Å²) in [5.74, 6) is 0. The molecule has 3 N–H and O–H groups in total. The van der Waals surface area contributed by atoms with Crippen LogP contribution < -0.4 is 5.73 Å². The first-order chi connectivity index (χ1) is 7.11. The lowest BCUT2D eigenvalue weighted by Crippen LogP contribution is -2.14. The van der Waals surface area contributed by atoms with Crippen LogP contribution >= 0.6 is 22.9 Å². The Morgan fingerprint density at radius 2 is 2.33 bits per heavy atom. The lowest BCUT2D eigenvalue weighted by Gasteiger charge is -2.10. The molecule has 0 radical (unpaired) electrons. The van der Waals surface area contributed by atoms with E-state index in [9.17, 15) is 0 Å². The number of aryl methyl sites for hydroxylation is 1. The van der Waals surface area contributed by atoms with E-state index in [0.717, 1.165) is 20.8 Å². The number of hydrogen-bond acceptors (Lipinski definition) is 4. The monoisotopic (exact) mass is 242 g/mol. The first kappa shape index (κ1) is 10.8. The van der Waals surface area contributed by atoms with E-state index < -0.39 is 6.04 Å². The number of aliphatic hydroxyl groups excluding tert-OH is 1. The Kier molecular flexibility index (Phi) is 2.93. The van der Waals surface area contributed by atoms with Crippen LogP contribution in [-0.4, -0.2) is 16.7 Å². The number of halogens is 1. The second-order valence-corrected chi connectivity index (χ2v) is 5.01. The van der Waals surface area contributed by atoms with Gasteiger partial charge in [0.05, 0.1) is 27.9 Å². The van der Waals surface area contributed by atoms with Crippen molar-refractivity contribution in [3.63, 3.8) is 0 Å². The maximum Gasteiger partial charge on any atom is 0.0907 e. The number of hydrogen-bond donors (Lipinski definition) is 2. The van der Waals surface area contributed by atoms with Gasteiger partial charge in [0, 0.05) is 5.02 Å². The van der Waals surface area contributed by atoms with Crippen LogP contribution in [-0.2, 0) is 0 Å². The molecule has 15 heavy (non-hydrogen) atoms. The Balaban J connectivity index is 2.60. The molecule has 1 unspecified atom stereocenters. The highest BCUT2D eigenvalue weighted by Gasteiger charge is 2.12. The van der Waals surface area contributed by atoms with Gasteiger partial charge in [-0.3, -0.25) is 0 Å². The average molecular weight is 243 g/mol. The highest BCUT2D eigenvalue weighted by Crippen LogP contribution is 2.30. The normalized spacial score (nSPS) is 13.3. The van der Waals surface area contributed by atoms with E-state index in [1.165, 1.54) is 0 Å². The van der Waals surface area contributed by atoms with Crippen molar-refractivity contribution in [1.29, 1.82) is 0 Å². The molecular weight excluding hydrogens is 232 g/mol. The molecule has 0 aliphatic carbocycles. The Hall–Kier alpha value is -0.680. The van der Waals surface area contributed by atoms with Crippen molar-refractivity contribution in [2.24, 2.45) is 5.73 Å². The summed E-state index contributed by atoms with van der Waals surface area (Å²) in [7, 11) is 0. The first-order valence-electron chi connectivity index (χ1n) is 4.55. The van der Waals surface area contributed by atoms with Gasteiger partial charge in [-0.25, -0.2) is 4.98 Å². The number of nitrogens with zero attached hydrogens (tertiary/aromatic N) is 1. The summed E-state index contributed by atoms with van der Waals surface area (Å²) in [4.78, 5) is 4.35. The SMILES string of the molecule is Cc1nc2cc(C(N)CO)c(Cl)cc2s1. The van der Waals surface area contributed by atoms with Crippen molar-refractivity contribution >= 4 is 33.2 Å². The van der Waals surface area contributed by atoms with E-state index >= 15 is 0 Å². The van der Waals surface area contributed by atoms with Gasteiger partial charge in [0.25, 0.3) is 0 Å². The van der Waals surface area contributed by atoms with E-state index in [0.29, 0.717) is 5.02 Å². The number of thiazole rings is 1. The summed E-state index contributed by atoms with van der Waals surface area (Å²) in [5.41, 5.74) is 7.37. The lowest BCUT2D eigenvalue weighted by atomic mass is 10.1. The van der Waals surface area contributed by atoms with Crippen molar-refractivity contribution in [3.8, 4) is 0 Å². The number of aromatic nitrogens is 1. The summed E-state index contributed by atoms with van der Waals surface area (Å²) in [6.45, 7) is 1.83. The zero-order valence-corrected chi connectivity index (χ0v) is 9.77. The van der Waals surface area contributed by atoms with Gasteiger partial charge in [0.15, 0.2) is 0 Å². The highest BCUT2D eigenvalue weighted by molar-refractivity contribution is 7.18. The molecule has 1 aromatic carbocycles. The van der Waals surface area contributed by atoms with E-state index in [4.69, 9.17) is 22.4 Å². The molecule has 2 aromatic rings. The highest BCUT2D eigenvalue weighted by atomic mass is 35.5. The third-order valence-corrected chi connectivity index (χ3v) is 3.47. The fraction of sp³-hybridized carbons (Fsp3) is 0.300. The van der Waals surface area contributed by atoms with Gasteiger partial charge in [-0.2, -0.15) is 0 Å². The predicted molar refractivity (Wildman–Crippen MR) is 63.4 cm³/mol. The van der Waals surface area contributed by atoms with E-state index in [2.05, 4.69) is 4.98 Å². The summed E-state index contributed by atoms with van der Waals surface area (Å²) in [5, 5.41) is 10.6. The Bertz CT molecular complexity index is 497. The molecule has 0 amide bonds. The number of fused-ring (bicyclic) bond motifs is 1. The smallest absolute Gasteiger partial charge is 0.0907 e. The van der Waals surface area contributed by atoms with Crippen LogP contribution in [0, 0.1) is 6.92 Å². The fourth-order valence-electron chi connectivity index (χ4n) is 1.46. The summed E-state index contributed by atoms with van der Waals surface area (Å²) in [6.07, 6.45) is 0. The second-order valence-electron chi connectivity index (χ2n) is 3.36. The molecule has 3 nitrogen and oxygen atoms in total. The third kappa shape index (κ3) is 1.99. The standard InChI is InChI=1S/C10H11ClN2OS/c1-5-13-9-2-6(8(12)4-14)7(11)3-10(9)15-5/h2-3,8,14H,4,12H2,1H3. The Morgan fingerprint density at radius 3 is 3.00 bits per heavy atom. The van der Waals surface area contributed by atoms with Crippen LogP contribution in [0.3, 0.4) is 0 Å². The summed E-state index contributed by atoms with van der Waals surface area (Å²) >= 11 is 7.67. The van der Waals surface area contributed by atoms with E-state index in [-0.39, 0.29) is 6.61 Å². The van der Waals surface area contributed by atoms with Crippen LogP contribution in [0.4, 0.5) is 0 Å². The molecule has 0 saturated carbocycles. The lowest BCUT2D eigenvalue weighted by molar-refractivity contribution is 0.268. The van der Waals surface area contributed by atoms with Gasteiger partial charge >= 0.3 is 0 Å². The van der Waals surface area contributed by atoms with Crippen LogP contribution in [0.2, 0.25) is 5.02 Å². The second kappa shape index (κ2) is 4.06. The third-order valence-electron chi connectivity index (χ3n) is 2.21. The van der Waals surface area contributed by atoms with E-state index in [1.807, 2.05) is 19.1 Å². The topological polar surface area (TPSA) is 59.1 Å². The van der Waals surface area contributed by atoms with Crippen LogP contribution in [0.15, 0.2) is 12.1 Å². The summed E-state index contributed by atoms with van der Waals surface area (Å²) in [6, 6.07) is 3.26. The van der Waals surface area contributed by atoms with Gasteiger partial charge < -0.3 is 10.8 Å². The number of rotatable bonds is 2. The maximum atomic E-state index is 8.99. The maximum absolute atomic E-state index is 8.99. The van der Waals surface area contributed by atoms with Gasteiger partial charge in [-0.1, -0.05) is 11.6 Å². The van der Waals surface area contributed by atoms with Crippen LogP contribution in [0.5, 0.6) is 0 Å². The van der Waals surface area contributed by atoms with Gasteiger partial charge in [0.1, 0.15) is 0 Å². The van der Waals surface area contributed by atoms with Gasteiger partial charge in [0.2, 0.25) is 0 Å².